The number of rotatable bonds is 5. The predicted molar refractivity (Wildman–Crippen MR) is 121 cm³/mol. The topological polar surface area (TPSA) is 48.5 Å². The summed E-state index contributed by atoms with van der Waals surface area (Å²) < 4.78 is 13.1. The maximum Gasteiger partial charge on any atom is 0.258 e. The van der Waals surface area contributed by atoms with Crippen LogP contribution in [0.1, 0.15) is 18.2 Å². The van der Waals surface area contributed by atoms with Crippen molar-refractivity contribution in [1.29, 1.82) is 0 Å². The summed E-state index contributed by atoms with van der Waals surface area (Å²) >= 11 is 0. The van der Waals surface area contributed by atoms with Gasteiger partial charge in [0.1, 0.15) is 11.6 Å². The third-order valence-electron chi connectivity index (χ3n) is 5.65. The molecule has 2 aromatic carbocycles. The maximum absolute atomic E-state index is 13.1. The Morgan fingerprint density at radius 2 is 1.77 bits per heavy atom. The molecule has 1 aliphatic rings. The van der Waals surface area contributed by atoms with Gasteiger partial charge in [0.05, 0.1) is 11.9 Å². The normalized spacial score (nSPS) is 16.0. The van der Waals surface area contributed by atoms with Crippen molar-refractivity contribution in [2.45, 2.75) is 12.5 Å². The molecule has 0 spiro atoms. The quantitative estimate of drug-likeness (QED) is 0.690. The van der Waals surface area contributed by atoms with Crippen molar-refractivity contribution in [2.75, 3.05) is 37.0 Å². The van der Waals surface area contributed by atoms with Crippen molar-refractivity contribution in [2.24, 2.45) is 0 Å². The van der Waals surface area contributed by atoms with Gasteiger partial charge in [-0.15, -0.1) is 0 Å². The average molecular weight is 407 g/mol. The lowest BCUT2D eigenvalue weighted by atomic mass is 10.0. The van der Waals surface area contributed by atoms with Crippen LogP contribution in [0.2, 0.25) is 0 Å². The zero-order valence-corrected chi connectivity index (χ0v) is 17.2. The molecule has 0 bridgehead atoms. The van der Waals surface area contributed by atoms with Crippen LogP contribution in [0.4, 0.5) is 15.9 Å². The van der Waals surface area contributed by atoms with Crippen molar-refractivity contribution in [3.63, 3.8) is 0 Å². The van der Waals surface area contributed by atoms with E-state index in [9.17, 15) is 9.18 Å². The number of anilines is 2. The van der Waals surface area contributed by atoms with Gasteiger partial charge in [-0.25, -0.2) is 9.37 Å². The predicted octanol–water partition coefficient (Wildman–Crippen LogP) is 4.21. The van der Waals surface area contributed by atoms with Crippen molar-refractivity contribution in [1.82, 2.24) is 10.3 Å². The zero-order chi connectivity index (χ0) is 21.1. The third kappa shape index (κ3) is 4.19. The molecular formula is C24H27FN4O. The van der Waals surface area contributed by atoms with Gasteiger partial charge in [-0.05, 0) is 61.0 Å². The van der Waals surface area contributed by atoms with Crippen LogP contribution in [-0.2, 0) is 0 Å². The molecule has 2 heterocycles. The summed E-state index contributed by atoms with van der Waals surface area (Å²) in [6.45, 7) is 1.92. The number of likely N-dealkylation sites (N-methyl/N-ethyl adjacent to an activating group) is 1. The molecule has 6 heteroatoms. The molecule has 1 saturated heterocycles. The fraction of sp³-hybridized carbons (Fsp3) is 0.250. The van der Waals surface area contributed by atoms with Crippen molar-refractivity contribution >= 4 is 17.4 Å². The van der Waals surface area contributed by atoms with Crippen LogP contribution in [0.5, 0.6) is 0 Å². The zero-order valence-electron chi connectivity index (χ0n) is 17.2. The highest BCUT2D eigenvalue weighted by Gasteiger charge is 2.22. The number of hydrogen-bond acceptors (Lipinski definition) is 4. The van der Waals surface area contributed by atoms with Gasteiger partial charge < -0.3 is 15.1 Å². The van der Waals surface area contributed by atoms with Crippen LogP contribution >= 0.6 is 0 Å². The van der Waals surface area contributed by atoms with Crippen LogP contribution in [0.25, 0.3) is 11.1 Å². The Morgan fingerprint density at radius 1 is 1.10 bits per heavy atom. The van der Waals surface area contributed by atoms with E-state index in [1.54, 1.807) is 42.4 Å². The Bertz CT molecular complexity index is 1010. The molecule has 1 aliphatic heterocycles. The first kappa shape index (κ1) is 20.0. The van der Waals surface area contributed by atoms with Gasteiger partial charge in [-0.3, -0.25) is 4.79 Å². The van der Waals surface area contributed by atoms with Gasteiger partial charge in [0, 0.05) is 33.2 Å². The van der Waals surface area contributed by atoms with E-state index in [1.165, 1.54) is 12.1 Å². The van der Waals surface area contributed by atoms with Gasteiger partial charge in [-0.2, -0.15) is 0 Å². The molecule has 1 atom stereocenters. The lowest BCUT2D eigenvalue weighted by molar-refractivity contribution is 0.0993. The summed E-state index contributed by atoms with van der Waals surface area (Å²) in [5.41, 5.74) is 3.18. The first-order valence-corrected chi connectivity index (χ1v) is 10.1. The molecule has 5 nitrogen and oxygen atoms in total. The Labute approximate surface area is 177 Å². The minimum atomic E-state index is -0.265. The molecule has 0 radical (unpaired) electrons. The van der Waals surface area contributed by atoms with Gasteiger partial charge in [-0.1, -0.05) is 24.3 Å². The smallest absolute Gasteiger partial charge is 0.258 e. The van der Waals surface area contributed by atoms with Crippen LogP contribution in [0.15, 0.2) is 66.9 Å². The lowest BCUT2D eigenvalue weighted by Crippen LogP contribution is -2.30. The molecule has 4 rings (SSSR count). The molecule has 0 aliphatic carbocycles. The number of hydrogen-bond donors (Lipinski definition) is 1. The number of carbonyl (C=O) groups is 1. The highest BCUT2D eigenvalue weighted by atomic mass is 19.1. The number of nitrogens with zero attached hydrogens (tertiary/aromatic N) is 3. The number of carbonyl (C=O) groups excluding carboxylic acids is 1. The van der Waals surface area contributed by atoms with Crippen LogP contribution in [-0.4, -0.2) is 44.1 Å². The maximum atomic E-state index is 13.1. The summed E-state index contributed by atoms with van der Waals surface area (Å²) in [7, 11) is 3.73. The molecule has 1 N–H and O–H groups in total. The standard InChI is InChI=1S/C24H25FN4O.H2/c1-26-21-13-14-29(16-21)23-12-11-22(15-27-23)28(2)24(30)19-5-3-17(4-6-19)18-7-9-20(25)10-8-18;/h3-12,15,21,26H,13-14,16H2,1-2H3;1H. The molecule has 1 aromatic heterocycles. The minimum Gasteiger partial charge on any atom is -0.355 e. The fourth-order valence-corrected chi connectivity index (χ4v) is 3.73. The second-order valence-corrected chi connectivity index (χ2v) is 7.54. The van der Waals surface area contributed by atoms with E-state index in [1.807, 2.05) is 31.3 Å². The fourth-order valence-electron chi connectivity index (χ4n) is 3.73. The van der Waals surface area contributed by atoms with Crippen molar-refractivity contribution in [3.05, 3.63) is 78.2 Å². The van der Waals surface area contributed by atoms with Crippen molar-refractivity contribution in [3.8, 4) is 11.1 Å². The monoisotopic (exact) mass is 406 g/mol. The summed E-state index contributed by atoms with van der Waals surface area (Å²) in [4.78, 5) is 21.3. The van der Waals surface area contributed by atoms with Crippen LogP contribution < -0.4 is 15.1 Å². The van der Waals surface area contributed by atoms with E-state index in [-0.39, 0.29) is 13.2 Å². The number of nitrogens with one attached hydrogen (secondary N) is 1. The molecular weight excluding hydrogens is 379 g/mol. The first-order valence-electron chi connectivity index (χ1n) is 10.1. The van der Waals surface area contributed by atoms with E-state index in [0.29, 0.717) is 11.6 Å². The number of amides is 1. The van der Waals surface area contributed by atoms with E-state index >= 15 is 0 Å². The molecule has 0 saturated carbocycles. The van der Waals surface area contributed by atoms with Crippen LogP contribution in [0, 0.1) is 5.82 Å². The van der Waals surface area contributed by atoms with E-state index in [2.05, 4.69) is 15.2 Å². The summed E-state index contributed by atoms with van der Waals surface area (Å²) in [6.07, 6.45) is 2.85. The molecule has 30 heavy (non-hydrogen) atoms. The summed E-state index contributed by atoms with van der Waals surface area (Å²) in [5, 5.41) is 3.30. The van der Waals surface area contributed by atoms with Gasteiger partial charge in [0.15, 0.2) is 0 Å². The summed E-state index contributed by atoms with van der Waals surface area (Å²) in [5.74, 6) is 0.561. The van der Waals surface area contributed by atoms with Gasteiger partial charge >= 0.3 is 0 Å². The number of benzene rings is 2. The van der Waals surface area contributed by atoms with Gasteiger partial charge in [0.2, 0.25) is 0 Å². The molecule has 1 unspecified atom stereocenters. The van der Waals surface area contributed by atoms with Crippen LogP contribution in [0.3, 0.4) is 0 Å². The highest BCUT2D eigenvalue weighted by molar-refractivity contribution is 6.05. The largest absolute Gasteiger partial charge is 0.355 e. The molecule has 156 valence electrons. The van der Waals surface area contributed by atoms with E-state index in [0.717, 1.165) is 42.1 Å². The van der Waals surface area contributed by atoms with Gasteiger partial charge in [0.25, 0.3) is 5.91 Å². The van der Waals surface area contributed by atoms with E-state index in [4.69, 9.17) is 0 Å². The SMILES string of the molecule is CNC1CCN(c2ccc(N(C)C(=O)c3ccc(-c4ccc(F)cc4)cc3)cn2)C1.[HH]. The molecule has 1 amide bonds. The Hall–Kier alpha value is -3.25. The Kier molecular flexibility index (Phi) is 5.77. The summed E-state index contributed by atoms with van der Waals surface area (Å²) in [6, 6.07) is 18.0. The Balaban J connectivity index is 0.00000272. The number of halogens is 1. The third-order valence-corrected chi connectivity index (χ3v) is 5.65. The Morgan fingerprint density at radius 3 is 2.33 bits per heavy atom. The molecule has 1 fully saturated rings. The number of pyridine rings is 1. The minimum absolute atomic E-state index is 0. The first-order chi connectivity index (χ1) is 14.5. The highest BCUT2D eigenvalue weighted by Crippen LogP contribution is 2.23. The second-order valence-electron chi connectivity index (χ2n) is 7.54. The molecule has 3 aromatic rings. The second kappa shape index (κ2) is 8.63. The number of aromatic nitrogens is 1. The average Bonchev–Trinajstić information content (AvgIpc) is 3.28. The lowest BCUT2D eigenvalue weighted by Gasteiger charge is -2.20. The van der Waals surface area contributed by atoms with E-state index < -0.39 is 0 Å². The van der Waals surface area contributed by atoms with Crippen molar-refractivity contribution < 1.29 is 10.6 Å².